The molecule has 0 saturated carbocycles. The van der Waals surface area contributed by atoms with E-state index in [1.807, 2.05) is 0 Å². The molecule has 0 bridgehead atoms. The largest absolute Gasteiger partial charge is 0.454 e. The normalized spacial score (nSPS) is 26.5. The molecule has 1 aromatic heterocycles. The SMILES string of the molecule is O=C1N[C@@H](c2ccc3c(c2)OCO3)[C@@H](C(=O)c2cccs2)[C@@](O)(C(F)(F)F)N1. The van der Waals surface area contributed by atoms with E-state index in [2.05, 4.69) is 5.32 Å². The van der Waals surface area contributed by atoms with E-state index in [9.17, 15) is 27.9 Å². The fourth-order valence-electron chi connectivity index (χ4n) is 3.30. The van der Waals surface area contributed by atoms with Crippen molar-refractivity contribution < 1.29 is 37.3 Å². The van der Waals surface area contributed by atoms with E-state index in [-0.39, 0.29) is 23.0 Å². The first kappa shape index (κ1) is 18.6. The molecule has 3 atom stereocenters. The molecule has 4 rings (SSSR count). The highest BCUT2D eigenvalue weighted by Crippen LogP contribution is 2.45. The number of carbonyl (C=O) groups is 2. The molecule has 0 spiro atoms. The van der Waals surface area contributed by atoms with Crippen LogP contribution >= 0.6 is 11.3 Å². The molecule has 1 aromatic carbocycles. The van der Waals surface area contributed by atoms with Crippen LogP contribution in [0.4, 0.5) is 18.0 Å². The van der Waals surface area contributed by atoms with Crippen LogP contribution in [0.1, 0.15) is 21.3 Å². The van der Waals surface area contributed by atoms with Crippen LogP contribution < -0.4 is 20.1 Å². The van der Waals surface area contributed by atoms with Gasteiger partial charge >= 0.3 is 12.2 Å². The van der Waals surface area contributed by atoms with Gasteiger partial charge in [-0.25, -0.2) is 4.79 Å². The highest BCUT2D eigenvalue weighted by molar-refractivity contribution is 7.12. The number of carbonyl (C=O) groups excluding carboxylic acids is 2. The number of benzene rings is 1. The number of urea groups is 1. The van der Waals surface area contributed by atoms with Gasteiger partial charge in [-0.3, -0.25) is 4.79 Å². The van der Waals surface area contributed by atoms with Gasteiger partial charge in [0.1, 0.15) is 5.92 Å². The second-order valence-electron chi connectivity index (χ2n) is 6.27. The second-order valence-corrected chi connectivity index (χ2v) is 7.22. The number of Topliss-reactive ketones (excluding diaryl/α,β-unsaturated/α-hetero) is 1. The Labute approximate surface area is 160 Å². The van der Waals surface area contributed by atoms with E-state index < -0.39 is 35.7 Å². The molecule has 2 aliphatic rings. The Morgan fingerprint density at radius 3 is 2.68 bits per heavy atom. The number of hydrogen-bond donors (Lipinski definition) is 3. The standard InChI is InChI=1S/C17H13F3N2O5S/c18-17(19,20)16(25)12(14(23)11-2-1-5-28-11)13(21-15(24)22-16)8-3-4-9-10(6-8)27-7-26-9/h1-6,12-13,25H,7H2,(H2,21,22,24)/t12-,13-,16+/m0/s1. The predicted octanol–water partition coefficient (Wildman–Crippen LogP) is 2.58. The van der Waals surface area contributed by atoms with Gasteiger partial charge in [-0.15, -0.1) is 11.3 Å². The number of nitrogens with one attached hydrogen (secondary N) is 2. The molecule has 1 saturated heterocycles. The summed E-state index contributed by atoms with van der Waals surface area (Å²) >= 11 is 0.941. The van der Waals surface area contributed by atoms with Gasteiger partial charge in [-0.1, -0.05) is 12.1 Å². The van der Waals surface area contributed by atoms with Crippen LogP contribution in [0.2, 0.25) is 0 Å². The van der Waals surface area contributed by atoms with Gasteiger partial charge in [-0.05, 0) is 29.1 Å². The van der Waals surface area contributed by atoms with Crippen molar-refractivity contribution in [3.8, 4) is 11.5 Å². The zero-order chi connectivity index (χ0) is 20.1. The summed E-state index contributed by atoms with van der Waals surface area (Å²) in [7, 11) is 0. The van der Waals surface area contributed by atoms with Crippen molar-refractivity contribution in [2.75, 3.05) is 6.79 Å². The van der Waals surface area contributed by atoms with E-state index in [0.29, 0.717) is 5.75 Å². The summed E-state index contributed by atoms with van der Waals surface area (Å²) in [6.07, 6.45) is -5.29. The molecule has 2 amide bonds. The molecule has 28 heavy (non-hydrogen) atoms. The van der Waals surface area contributed by atoms with Crippen LogP contribution in [0.15, 0.2) is 35.7 Å². The second kappa shape index (κ2) is 6.38. The van der Waals surface area contributed by atoms with E-state index in [0.717, 1.165) is 11.3 Å². The minimum absolute atomic E-state index is 0.0244. The number of amides is 2. The van der Waals surface area contributed by atoms with Gasteiger partial charge in [0.05, 0.1) is 10.9 Å². The number of hydrogen-bond acceptors (Lipinski definition) is 6. The fourth-order valence-corrected chi connectivity index (χ4v) is 4.00. The Bertz CT molecular complexity index is 933. The molecule has 0 radical (unpaired) electrons. The molecular weight excluding hydrogens is 401 g/mol. The molecular formula is C17H13F3N2O5S. The number of ketones is 1. The first-order valence-electron chi connectivity index (χ1n) is 8.06. The Morgan fingerprint density at radius 1 is 1.25 bits per heavy atom. The van der Waals surface area contributed by atoms with Crippen LogP contribution in [-0.2, 0) is 0 Å². The highest BCUT2D eigenvalue weighted by atomic mass is 32.1. The lowest BCUT2D eigenvalue weighted by Crippen LogP contribution is -2.72. The first-order chi connectivity index (χ1) is 13.2. The number of ether oxygens (including phenoxy) is 2. The van der Waals surface area contributed by atoms with Crippen LogP contribution in [0.25, 0.3) is 0 Å². The van der Waals surface area contributed by atoms with Crippen molar-refractivity contribution in [3.63, 3.8) is 0 Å². The van der Waals surface area contributed by atoms with Crippen molar-refractivity contribution in [2.24, 2.45) is 5.92 Å². The summed E-state index contributed by atoms with van der Waals surface area (Å²) in [5.41, 5.74) is -3.59. The van der Waals surface area contributed by atoms with E-state index in [1.54, 1.807) is 0 Å². The lowest BCUT2D eigenvalue weighted by atomic mass is 9.78. The zero-order valence-electron chi connectivity index (χ0n) is 13.9. The quantitative estimate of drug-likeness (QED) is 0.671. The van der Waals surface area contributed by atoms with E-state index in [1.165, 1.54) is 41.0 Å². The number of rotatable bonds is 3. The van der Waals surface area contributed by atoms with Gasteiger partial charge in [0, 0.05) is 0 Å². The molecule has 7 nitrogen and oxygen atoms in total. The van der Waals surface area contributed by atoms with Crippen LogP contribution in [0.3, 0.4) is 0 Å². The topological polar surface area (TPSA) is 96.9 Å². The summed E-state index contributed by atoms with van der Waals surface area (Å²) < 4.78 is 51.7. The number of fused-ring (bicyclic) bond motifs is 1. The monoisotopic (exact) mass is 414 g/mol. The average Bonchev–Trinajstić information content (AvgIpc) is 3.30. The van der Waals surface area contributed by atoms with Gasteiger partial charge in [0.25, 0.3) is 0 Å². The Morgan fingerprint density at radius 2 is 2.00 bits per heavy atom. The summed E-state index contributed by atoms with van der Waals surface area (Å²) in [6, 6.07) is 4.42. The molecule has 3 N–H and O–H groups in total. The number of aliphatic hydroxyl groups is 1. The Kier molecular flexibility index (Phi) is 4.23. The summed E-state index contributed by atoms with van der Waals surface area (Å²) in [5.74, 6) is -2.37. The third kappa shape index (κ3) is 2.87. The predicted molar refractivity (Wildman–Crippen MR) is 90.1 cm³/mol. The Balaban J connectivity index is 1.84. The van der Waals surface area contributed by atoms with E-state index in [4.69, 9.17) is 9.47 Å². The van der Waals surface area contributed by atoms with Gasteiger partial charge in [-0.2, -0.15) is 13.2 Å². The molecule has 3 heterocycles. The first-order valence-corrected chi connectivity index (χ1v) is 8.94. The molecule has 1 fully saturated rings. The maximum atomic E-state index is 13.8. The minimum Gasteiger partial charge on any atom is -0.454 e. The van der Waals surface area contributed by atoms with Crippen molar-refractivity contribution >= 4 is 23.2 Å². The van der Waals surface area contributed by atoms with Gasteiger partial charge < -0.3 is 25.2 Å². The Hall–Kier alpha value is -2.79. The maximum absolute atomic E-state index is 13.8. The number of thiophene rings is 1. The summed E-state index contributed by atoms with van der Waals surface area (Å²) in [4.78, 5) is 24.9. The van der Waals surface area contributed by atoms with Gasteiger partial charge in [0.15, 0.2) is 17.3 Å². The van der Waals surface area contributed by atoms with Crippen LogP contribution in [-0.4, -0.2) is 35.6 Å². The van der Waals surface area contributed by atoms with Crippen LogP contribution in [0.5, 0.6) is 11.5 Å². The van der Waals surface area contributed by atoms with Gasteiger partial charge in [0.2, 0.25) is 12.5 Å². The number of halogens is 3. The van der Waals surface area contributed by atoms with E-state index >= 15 is 0 Å². The highest BCUT2D eigenvalue weighted by Gasteiger charge is 2.66. The zero-order valence-corrected chi connectivity index (χ0v) is 14.8. The third-order valence-corrected chi connectivity index (χ3v) is 5.49. The summed E-state index contributed by atoms with van der Waals surface area (Å²) in [6.45, 7) is -0.0542. The van der Waals surface area contributed by atoms with Crippen molar-refractivity contribution in [3.05, 3.63) is 46.2 Å². The summed E-state index contributed by atoms with van der Waals surface area (Å²) in [5, 5.41) is 15.8. The molecule has 148 valence electrons. The minimum atomic E-state index is -5.29. The fraction of sp³-hybridized carbons (Fsp3) is 0.294. The lowest BCUT2D eigenvalue weighted by molar-refractivity contribution is -0.287. The van der Waals surface area contributed by atoms with Crippen molar-refractivity contribution in [1.82, 2.24) is 10.6 Å². The van der Waals surface area contributed by atoms with Crippen LogP contribution in [0, 0.1) is 5.92 Å². The molecule has 0 unspecified atom stereocenters. The average molecular weight is 414 g/mol. The van der Waals surface area contributed by atoms with Crippen molar-refractivity contribution in [2.45, 2.75) is 17.9 Å². The third-order valence-electron chi connectivity index (χ3n) is 4.61. The molecule has 2 aliphatic heterocycles. The smallest absolute Gasteiger partial charge is 0.437 e. The number of alkyl halides is 3. The lowest BCUT2D eigenvalue weighted by Gasteiger charge is -2.44. The van der Waals surface area contributed by atoms with Crippen molar-refractivity contribution in [1.29, 1.82) is 0 Å². The molecule has 2 aromatic rings. The molecule has 0 aliphatic carbocycles. The molecule has 11 heteroatoms. The maximum Gasteiger partial charge on any atom is 0.437 e.